The SMILES string of the molecule is CCC/C(C)=C\CC/C(=C\C#N)COC1CCCCO1. The molecule has 0 spiro atoms. The highest BCUT2D eigenvalue weighted by molar-refractivity contribution is 5.15. The van der Waals surface area contributed by atoms with E-state index >= 15 is 0 Å². The van der Waals surface area contributed by atoms with Crippen LogP contribution in [0.15, 0.2) is 23.3 Å². The topological polar surface area (TPSA) is 42.2 Å². The monoisotopic (exact) mass is 277 g/mol. The van der Waals surface area contributed by atoms with Gasteiger partial charge in [0.2, 0.25) is 0 Å². The molecule has 0 radical (unpaired) electrons. The van der Waals surface area contributed by atoms with Gasteiger partial charge in [-0.1, -0.05) is 25.0 Å². The lowest BCUT2D eigenvalue weighted by Gasteiger charge is -2.23. The Morgan fingerprint density at radius 1 is 1.40 bits per heavy atom. The molecule has 0 aromatic rings. The van der Waals surface area contributed by atoms with Crippen LogP contribution in [0, 0.1) is 11.3 Å². The average Bonchev–Trinajstić information content (AvgIpc) is 2.46. The molecule has 112 valence electrons. The second-order valence-corrected chi connectivity index (χ2v) is 5.38. The summed E-state index contributed by atoms with van der Waals surface area (Å²) in [5.74, 6) is 0. The van der Waals surface area contributed by atoms with E-state index in [1.807, 2.05) is 0 Å². The van der Waals surface area contributed by atoms with Gasteiger partial charge in [0.25, 0.3) is 0 Å². The van der Waals surface area contributed by atoms with E-state index in [1.165, 1.54) is 18.4 Å². The van der Waals surface area contributed by atoms with Crippen molar-refractivity contribution in [3.63, 3.8) is 0 Å². The van der Waals surface area contributed by atoms with E-state index in [9.17, 15) is 0 Å². The van der Waals surface area contributed by atoms with Crippen LogP contribution in [0.25, 0.3) is 0 Å². The third-order valence-electron chi connectivity index (χ3n) is 3.46. The summed E-state index contributed by atoms with van der Waals surface area (Å²) in [4.78, 5) is 0. The second-order valence-electron chi connectivity index (χ2n) is 5.38. The Labute approximate surface area is 123 Å². The molecule has 1 aliphatic heterocycles. The fourth-order valence-electron chi connectivity index (χ4n) is 2.32. The van der Waals surface area contributed by atoms with E-state index in [0.29, 0.717) is 6.61 Å². The van der Waals surface area contributed by atoms with Crippen molar-refractivity contribution in [2.24, 2.45) is 0 Å². The third kappa shape index (κ3) is 7.47. The summed E-state index contributed by atoms with van der Waals surface area (Å²) in [5.41, 5.74) is 2.49. The predicted octanol–water partition coefficient (Wildman–Crippen LogP) is 4.51. The van der Waals surface area contributed by atoms with Gasteiger partial charge in [-0.25, -0.2) is 0 Å². The minimum atomic E-state index is -0.0804. The maximum absolute atomic E-state index is 8.84. The number of ether oxygens (including phenoxy) is 2. The van der Waals surface area contributed by atoms with Crippen molar-refractivity contribution in [3.05, 3.63) is 23.3 Å². The molecule has 0 bridgehead atoms. The van der Waals surface area contributed by atoms with Crippen LogP contribution in [0.1, 0.15) is 58.8 Å². The molecular formula is C17H27NO2. The molecule has 3 heteroatoms. The third-order valence-corrected chi connectivity index (χ3v) is 3.46. The van der Waals surface area contributed by atoms with Crippen LogP contribution >= 0.6 is 0 Å². The van der Waals surface area contributed by atoms with Crippen molar-refractivity contribution in [2.45, 2.75) is 65.1 Å². The minimum Gasteiger partial charge on any atom is -0.353 e. The summed E-state index contributed by atoms with van der Waals surface area (Å²) in [6, 6.07) is 2.12. The number of nitriles is 1. The maximum Gasteiger partial charge on any atom is 0.158 e. The van der Waals surface area contributed by atoms with Crippen LogP contribution in [0.5, 0.6) is 0 Å². The van der Waals surface area contributed by atoms with Crippen molar-refractivity contribution < 1.29 is 9.47 Å². The van der Waals surface area contributed by atoms with Crippen LogP contribution < -0.4 is 0 Å². The first-order valence-electron chi connectivity index (χ1n) is 7.72. The zero-order valence-corrected chi connectivity index (χ0v) is 12.9. The van der Waals surface area contributed by atoms with E-state index in [0.717, 1.165) is 44.3 Å². The first-order chi connectivity index (χ1) is 9.76. The summed E-state index contributed by atoms with van der Waals surface area (Å²) >= 11 is 0. The average molecular weight is 277 g/mol. The predicted molar refractivity (Wildman–Crippen MR) is 81.1 cm³/mol. The molecule has 1 heterocycles. The lowest BCUT2D eigenvalue weighted by Crippen LogP contribution is -2.23. The first-order valence-corrected chi connectivity index (χ1v) is 7.72. The molecule has 1 unspecified atom stereocenters. The molecule has 1 saturated heterocycles. The van der Waals surface area contributed by atoms with Gasteiger partial charge in [0, 0.05) is 12.7 Å². The number of hydrogen-bond acceptors (Lipinski definition) is 3. The van der Waals surface area contributed by atoms with E-state index in [-0.39, 0.29) is 6.29 Å². The van der Waals surface area contributed by atoms with E-state index in [2.05, 4.69) is 26.0 Å². The molecule has 3 nitrogen and oxygen atoms in total. The maximum atomic E-state index is 8.84. The normalized spacial score (nSPS) is 20.8. The number of hydrogen-bond donors (Lipinski definition) is 0. The molecular weight excluding hydrogens is 250 g/mol. The number of allylic oxidation sites excluding steroid dienone is 3. The quantitative estimate of drug-likeness (QED) is 0.484. The summed E-state index contributed by atoms with van der Waals surface area (Å²) in [6.07, 6.45) is 11.3. The number of rotatable bonds is 8. The fraction of sp³-hybridized carbons (Fsp3) is 0.706. The van der Waals surface area contributed by atoms with Gasteiger partial charge in [-0.15, -0.1) is 0 Å². The van der Waals surface area contributed by atoms with Gasteiger partial charge < -0.3 is 9.47 Å². The summed E-state index contributed by atoms with van der Waals surface area (Å²) < 4.78 is 11.3. The van der Waals surface area contributed by atoms with Crippen molar-refractivity contribution in [3.8, 4) is 6.07 Å². The molecule has 0 aromatic carbocycles. The van der Waals surface area contributed by atoms with Crippen LogP contribution in [-0.4, -0.2) is 19.5 Å². The van der Waals surface area contributed by atoms with E-state index in [4.69, 9.17) is 14.7 Å². The van der Waals surface area contributed by atoms with Crippen LogP contribution in [0.3, 0.4) is 0 Å². The molecule has 1 aliphatic rings. The summed E-state index contributed by atoms with van der Waals surface area (Å²) in [6.45, 7) is 5.67. The van der Waals surface area contributed by atoms with Gasteiger partial charge in [0.15, 0.2) is 6.29 Å². The zero-order valence-electron chi connectivity index (χ0n) is 12.9. The Balaban J connectivity index is 2.31. The van der Waals surface area contributed by atoms with Crippen molar-refractivity contribution in [2.75, 3.05) is 13.2 Å². The van der Waals surface area contributed by atoms with Gasteiger partial charge in [-0.05, 0) is 51.0 Å². The molecule has 1 atom stereocenters. The number of nitrogens with zero attached hydrogens (tertiary/aromatic N) is 1. The van der Waals surface area contributed by atoms with Gasteiger partial charge in [0.05, 0.1) is 12.7 Å². The van der Waals surface area contributed by atoms with Crippen molar-refractivity contribution in [1.29, 1.82) is 5.26 Å². The Hall–Kier alpha value is -1.11. The van der Waals surface area contributed by atoms with Gasteiger partial charge >= 0.3 is 0 Å². The Bertz CT molecular complexity index is 360. The molecule has 0 N–H and O–H groups in total. The molecule has 1 fully saturated rings. The molecule has 1 rings (SSSR count). The first kappa shape index (κ1) is 16.9. The highest BCUT2D eigenvalue weighted by atomic mass is 16.7. The minimum absolute atomic E-state index is 0.0804. The molecule has 0 aliphatic carbocycles. The van der Waals surface area contributed by atoms with Gasteiger partial charge in [0.1, 0.15) is 0 Å². The molecule has 0 aromatic heterocycles. The van der Waals surface area contributed by atoms with Crippen molar-refractivity contribution >= 4 is 0 Å². The fourth-order valence-corrected chi connectivity index (χ4v) is 2.32. The van der Waals surface area contributed by atoms with Crippen molar-refractivity contribution in [1.82, 2.24) is 0 Å². The lowest BCUT2D eigenvalue weighted by atomic mass is 10.1. The van der Waals surface area contributed by atoms with Crippen LogP contribution in [-0.2, 0) is 9.47 Å². The lowest BCUT2D eigenvalue weighted by molar-refractivity contribution is -0.157. The smallest absolute Gasteiger partial charge is 0.158 e. The molecule has 20 heavy (non-hydrogen) atoms. The van der Waals surface area contributed by atoms with Gasteiger partial charge in [-0.3, -0.25) is 0 Å². The Kier molecular flexibility index (Phi) is 9.02. The van der Waals surface area contributed by atoms with Crippen LogP contribution in [0.4, 0.5) is 0 Å². The van der Waals surface area contributed by atoms with E-state index < -0.39 is 0 Å². The highest BCUT2D eigenvalue weighted by Crippen LogP contribution is 2.16. The second kappa shape index (κ2) is 10.7. The zero-order chi connectivity index (χ0) is 14.6. The molecule has 0 amide bonds. The Morgan fingerprint density at radius 3 is 2.90 bits per heavy atom. The highest BCUT2D eigenvalue weighted by Gasteiger charge is 2.14. The summed E-state index contributed by atoms with van der Waals surface area (Å²) in [7, 11) is 0. The standard InChI is InChI=1S/C17H27NO2/c1-3-7-15(2)8-6-9-16(11-12-18)14-20-17-10-4-5-13-19-17/h8,11,17H,3-7,9-10,13-14H2,1-2H3/b15-8-,16-11+. The Morgan fingerprint density at radius 2 is 2.25 bits per heavy atom. The van der Waals surface area contributed by atoms with E-state index in [1.54, 1.807) is 6.08 Å². The van der Waals surface area contributed by atoms with Gasteiger partial charge in [-0.2, -0.15) is 5.26 Å². The van der Waals surface area contributed by atoms with Crippen LogP contribution in [0.2, 0.25) is 0 Å². The molecule has 0 saturated carbocycles. The largest absolute Gasteiger partial charge is 0.353 e. The summed E-state index contributed by atoms with van der Waals surface area (Å²) in [5, 5.41) is 8.84.